The van der Waals surface area contributed by atoms with Crippen LogP contribution in [-0.2, 0) is 11.3 Å². The number of nitrogens with zero attached hydrogens (tertiary/aromatic N) is 5. The molecule has 178 valence electrons. The molecule has 7 nitrogen and oxygen atoms in total. The van der Waals surface area contributed by atoms with Gasteiger partial charge < -0.3 is 9.47 Å². The lowest BCUT2D eigenvalue weighted by molar-refractivity contribution is -0.0382. The third-order valence-corrected chi connectivity index (χ3v) is 6.62. The lowest BCUT2D eigenvalue weighted by Gasteiger charge is -2.28. The molecular formula is C25H27ClFN5O2. The van der Waals surface area contributed by atoms with Gasteiger partial charge in [0.2, 0.25) is 0 Å². The number of aryl methyl sites for hydroxylation is 1. The van der Waals surface area contributed by atoms with E-state index in [1.807, 2.05) is 30.4 Å². The number of ether oxygens (including phenoxy) is 2. The number of rotatable bonds is 6. The highest BCUT2D eigenvalue weighted by Gasteiger charge is 2.20. The van der Waals surface area contributed by atoms with Gasteiger partial charge >= 0.3 is 0 Å². The number of alkyl halides is 1. The minimum Gasteiger partial charge on any atom is -0.465 e. The Morgan fingerprint density at radius 3 is 2.71 bits per heavy atom. The Labute approximate surface area is 202 Å². The molecule has 0 amide bonds. The topological polar surface area (TPSA) is 64.8 Å². The molecule has 0 spiro atoms. The summed E-state index contributed by atoms with van der Waals surface area (Å²) in [5.41, 5.74) is 5.02. The molecule has 1 unspecified atom stereocenters. The minimum absolute atomic E-state index is 0.401. The fourth-order valence-electron chi connectivity index (χ4n) is 4.40. The summed E-state index contributed by atoms with van der Waals surface area (Å²) in [6, 6.07) is 11.6. The van der Waals surface area contributed by atoms with Gasteiger partial charge in [-0.25, -0.2) is 9.37 Å². The van der Waals surface area contributed by atoms with E-state index in [1.54, 1.807) is 19.2 Å². The van der Waals surface area contributed by atoms with Crippen LogP contribution in [-0.4, -0.2) is 57.1 Å². The van der Waals surface area contributed by atoms with Crippen molar-refractivity contribution in [2.75, 3.05) is 20.2 Å². The number of piperidine rings is 1. The number of aromatic nitrogens is 4. The minimum atomic E-state index is -0.685. The van der Waals surface area contributed by atoms with E-state index < -0.39 is 12.5 Å². The van der Waals surface area contributed by atoms with Crippen LogP contribution in [0.4, 0.5) is 4.39 Å². The number of methoxy groups -OCH3 is 1. The first-order chi connectivity index (χ1) is 16.4. The molecule has 0 bridgehead atoms. The van der Waals surface area contributed by atoms with Crippen molar-refractivity contribution in [3.63, 3.8) is 0 Å². The fraction of sp³-hybridized carbons (Fsp3) is 0.400. The van der Waals surface area contributed by atoms with Crippen LogP contribution in [0.25, 0.3) is 28.1 Å². The summed E-state index contributed by atoms with van der Waals surface area (Å²) in [5, 5.41) is 9.44. The van der Waals surface area contributed by atoms with Crippen molar-refractivity contribution in [2.24, 2.45) is 0 Å². The molecule has 0 saturated carbocycles. The molecule has 4 aromatic rings. The molecule has 9 heteroatoms. The van der Waals surface area contributed by atoms with Crippen molar-refractivity contribution in [2.45, 2.75) is 45.7 Å². The van der Waals surface area contributed by atoms with Gasteiger partial charge in [0.15, 0.2) is 17.8 Å². The zero-order valence-electron chi connectivity index (χ0n) is 19.5. The van der Waals surface area contributed by atoms with E-state index in [1.165, 1.54) is 0 Å². The van der Waals surface area contributed by atoms with E-state index in [0.717, 1.165) is 41.9 Å². The van der Waals surface area contributed by atoms with Crippen molar-refractivity contribution in [1.29, 1.82) is 0 Å². The molecule has 34 heavy (non-hydrogen) atoms. The lowest BCUT2D eigenvalue weighted by Crippen LogP contribution is -2.33. The highest BCUT2D eigenvalue weighted by atomic mass is 35.5. The molecule has 1 fully saturated rings. The van der Waals surface area contributed by atoms with Crippen molar-refractivity contribution < 1.29 is 13.9 Å². The number of halogens is 2. The quantitative estimate of drug-likeness (QED) is 0.351. The van der Waals surface area contributed by atoms with Crippen molar-refractivity contribution in [3.8, 4) is 17.1 Å². The first-order valence-electron chi connectivity index (χ1n) is 11.4. The highest BCUT2D eigenvalue weighted by Crippen LogP contribution is 2.33. The summed E-state index contributed by atoms with van der Waals surface area (Å²) in [6.45, 7) is 6.03. The van der Waals surface area contributed by atoms with Crippen molar-refractivity contribution in [1.82, 2.24) is 24.5 Å². The largest absolute Gasteiger partial charge is 0.465 e. The maximum absolute atomic E-state index is 13.6. The average Bonchev–Trinajstić information content (AvgIpc) is 3.28. The average molecular weight is 484 g/mol. The van der Waals surface area contributed by atoms with E-state index in [0.29, 0.717) is 40.6 Å². The zero-order chi connectivity index (χ0) is 23.8. The van der Waals surface area contributed by atoms with Crippen LogP contribution in [0.3, 0.4) is 0 Å². The second-order valence-electron chi connectivity index (χ2n) is 8.72. The second kappa shape index (κ2) is 9.44. The highest BCUT2D eigenvalue weighted by molar-refractivity contribution is 6.33. The van der Waals surface area contributed by atoms with Crippen LogP contribution in [0, 0.1) is 6.92 Å². The Morgan fingerprint density at radius 2 is 1.94 bits per heavy atom. The smallest absolute Gasteiger partial charge is 0.196 e. The molecule has 1 aliphatic rings. The van der Waals surface area contributed by atoms with Crippen LogP contribution in [0.5, 0.6) is 5.75 Å². The van der Waals surface area contributed by atoms with Crippen LogP contribution in [0.2, 0.25) is 5.02 Å². The monoisotopic (exact) mass is 483 g/mol. The molecule has 2 aromatic heterocycles. The van der Waals surface area contributed by atoms with Gasteiger partial charge in [-0.1, -0.05) is 17.7 Å². The van der Waals surface area contributed by atoms with Crippen LogP contribution < -0.4 is 4.74 Å². The summed E-state index contributed by atoms with van der Waals surface area (Å²) in [4.78, 5) is 7.03. The second-order valence-corrected chi connectivity index (χ2v) is 9.12. The first-order valence-corrected chi connectivity index (χ1v) is 11.8. The third-order valence-electron chi connectivity index (χ3n) is 6.29. The van der Waals surface area contributed by atoms with Gasteiger partial charge in [0.05, 0.1) is 21.7 Å². The maximum atomic E-state index is 13.6. The number of likely N-dealkylation sites (tertiary alicyclic amines) is 1. The van der Waals surface area contributed by atoms with E-state index in [4.69, 9.17) is 26.1 Å². The Morgan fingerprint density at radius 1 is 1.15 bits per heavy atom. The van der Waals surface area contributed by atoms with E-state index >= 15 is 0 Å². The lowest BCUT2D eigenvalue weighted by atomic mass is 10.1. The molecule has 0 radical (unpaired) electrons. The normalized spacial score (nSPS) is 16.4. The fourth-order valence-corrected chi connectivity index (χ4v) is 4.60. The molecule has 2 aromatic carbocycles. The standard InChI is InChI=1S/C25H27ClFN5O2/c1-15-24-29-30-25(20-13-19(5-6-21(20)26)34-16(2)33-3)32(24)23-12-17(4-7-22(23)28-15)14-31-10-8-18(27)9-11-31/h4-7,12-13,16,18H,8-11,14H2,1-3H3. The van der Waals surface area contributed by atoms with Gasteiger partial charge in [0.1, 0.15) is 11.9 Å². The summed E-state index contributed by atoms with van der Waals surface area (Å²) >= 11 is 6.60. The molecule has 0 N–H and O–H groups in total. The number of hydrogen-bond acceptors (Lipinski definition) is 6. The number of benzene rings is 2. The molecule has 1 saturated heterocycles. The van der Waals surface area contributed by atoms with Crippen molar-refractivity contribution >= 4 is 28.3 Å². The Kier molecular flexibility index (Phi) is 6.38. The molecule has 5 rings (SSSR count). The Hall–Kier alpha value is -2.81. The molecule has 3 heterocycles. The van der Waals surface area contributed by atoms with Gasteiger partial charge in [0.25, 0.3) is 0 Å². The van der Waals surface area contributed by atoms with E-state index in [2.05, 4.69) is 27.2 Å². The Balaban J connectivity index is 1.60. The zero-order valence-corrected chi connectivity index (χ0v) is 20.2. The van der Waals surface area contributed by atoms with Gasteiger partial charge in [-0.2, -0.15) is 0 Å². The summed E-state index contributed by atoms with van der Waals surface area (Å²) in [6.07, 6.45) is 0.0940. The van der Waals surface area contributed by atoms with Crippen molar-refractivity contribution in [3.05, 3.63) is 52.7 Å². The van der Waals surface area contributed by atoms with E-state index in [-0.39, 0.29) is 0 Å². The van der Waals surface area contributed by atoms with Gasteiger partial charge in [-0.3, -0.25) is 9.30 Å². The van der Waals surface area contributed by atoms with Crippen LogP contribution in [0.15, 0.2) is 36.4 Å². The SMILES string of the molecule is COC(C)Oc1ccc(Cl)c(-c2nnc3c(C)nc4ccc(CN5CCC(F)CC5)cc4n23)c1. The summed E-state index contributed by atoms with van der Waals surface area (Å²) < 4.78 is 26.6. The van der Waals surface area contributed by atoms with Gasteiger partial charge in [-0.05, 0) is 62.6 Å². The molecule has 1 aliphatic heterocycles. The van der Waals surface area contributed by atoms with Crippen LogP contribution >= 0.6 is 11.6 Å². The predicted octanol–water partition coefficient (Wildman–Crippen LogP) is 5.21. The summed E-state index contributed by atoms with van der Waals surface area (Å²) in [7, 11) is 1.59. The summed E-state index contributed by atoms with van der Waals surface area (Å²) in [5.74, 6) is 1.24. The predicted molar refractivity (Wildman–Crippen MR) is 130 cm³/mol. The molecular weight excluding hydrogens is 457 g/mol. The Bertz CT molecular complexity index is 1340. The number of fused-ring (bicyclic) bond motifs is 3. The van der Waals surface area contributed by atoms with E-state index in [9.17, 15) is 4.39 Å². The third kappa shape index (κ3) is 4.45. The van der Waals surface area contributed by atoms with Gasteiger partial charge in [0, 0.05) is 32.3 Å². The molecule has 0 aliphatic carbocycles. The number of hydrogen-bond donors (Lipinski definition) is 0. The molecule has 1 atom stereocenters. The maximum Gasteiger partial charge on any atom is 0.196 e. The first kappa shape index (κ1) is 23.0. The van der Waals surface area contributed by atoms with Crippen LogP contribution in [0.1, 0.15) is 31.0 Å². The van der Waals surface area contributed by atoms with Gasteiger partial charge in [-0.15, -0.1) is 10.2 Å².